The van der Waals surface area contributed by atoms with Gasteiger partial charge in [-0.2, -0.15) is 0 Å². The number of hydrogen-bond donors (Lipinski definition) is 1. The van der Waals surface area contributed by atoms with E-state index in [-0.39, 0.29) is 5.91 Å². The number of nitrogens with zero attached hydrogens (tertiary/aromatic N) is 1. The Morgan fingerprint density at radius 1 is 1.22 bits per heavy atom. The SMILES string of the molecule is COc1ccc(NC(=O)CCSc2nc3ccccc3o2)cc1. The summed E-state index contributed by atoms with van der Waals surface area (Å²) in [6.45, 7) is 0. The molecule has 2 aromatic carbocycles. The van der Waals surface area contributed by atoms with Crippen molar-refractivity contribution in [3.63, 3.8) is 0 Å². The van der Waals surface area contributed by atoms with Gasteiger partial charge in [-0.05, 0) is 36.4 Å². The summed E-state index contributed by atoms with van der Waals surface area (Å²) in [5, 5.41) is 3.43. The van der Waals surface area contributed by atoms with Crippen LogP contribution in [-0.2, 0) is 4.79 Å². The number of carbonyl (C=O) groups excluding carboxylic acids is 1. The first-order chi connectivity index (χ1) is 11.2. The zero-order valence-electron chi connectivity index (χ0n) is 12.6. The molecule has 3 aromatic rings. The lowest BCUT2D eigenvalue weighted by Gasteiger charge is -2.05. The van der Waals surface area contributed by atoms with Crippen molar-refractivity contribution in [2.45, 2.75) is 11.6 Å². The van der Waals surface area contributed by atoms with Crippen LogP contribution < -0.4 is 10.1 Å². The summed E-state index contributed by atoms with van der Waals surface area (Å²) in [4.78, 5) is 16.3. The van der Waals surface area contributed by atoms with Crippen LogP contribution in [0.5, 0.6) is 5.75 Å². The number of aromatic nitrogens is 1. The Hall–Kier alpha value is -2.47. The fraction of sp³-hybridized carbons (Fsp3) is 0.176. The number of amides is 1. The van der Waals surface area contributed by atoms with Gasteiger partial charge >= 0.3 is 0 Å². The predicted octanol–water partition coefficient (Wildman–Crippen LogP) is 3.96. The molecule has 3 rings (SSSR count). The molecule has 0 fully saturated rings. The minimum atomic E-state index is -0.0428. The third kappa shape index (κ3) is 4.04. The van der Waals surface area contributed by atoms with Gasteiger partial charge in [0.05, 0.1) is 7.11 Å². The van der Waals surface area contributed by atoms with Crippen molar-refractivity contribution in [3.05, 3.63) is 48.5 Å². The van der Waals surface area contributed by atoms with E-state index in [2.05, 4.69) is 10.3 Å². The molecule has 5 nitrogen and oxygen atoms in total. The van der Waals surface area contributed by atoms with E-state index in [1.54, 1.807) is 7.11 Å². The van der Waals surface area contributed by atoms with Gasteiger partial charge in [0.2, 0.25) is 5.91 Å². The standard InChI is InChI=1S/C17H16N2O3S/c1-21-13-8-6-12(7-9-13)18-16(20)10-11-23-17-19-14-4-2-3-5-15(14)22-17/h2-9H,10-11H2,1H3,(H,18,20). The molecular weight excluding hydrogens is 312 g/mol. The molecule has 1 aromatic heterocycles. The van der Waals surface area contributed by atoms with Crippen LogP contribution >= 0.6 is 11.8 Å². The highest BCUT2D eigenvalue weighted by molar-refractivity contribution is 7.99. The van der Waals surface area contributed by atoms with Crippen molar-refractivity contribution >= 4 is 34.5 Å². The molecule has 0 aliphatic rings. The monoisotopic (exact) mass is 328 g/mol. The van der Waals surface area contributed by atoms with Crippen LogP contribution in [0.1, 0.15) is 6.42 Å². The zero-order chi connectivity index (χ0) is 16.1. The Labute approximate surface area is 138 Å². The van der Waals surface area contributed by atoms with Crippen LogP contribution in [-0.4, -0.2) is 23.8 Å². The van der Waals surface area contributed by atoms with E-state index in [4.69, 9.17) is 9.15 Å². The van der Waals surface area contributed by atoms with Crippen molar-refractivity contribution < 1.29 is 13.9 Å². The number of para-hydroxylation sites is 2. The summed E-state index contributed by atoms with van der Waals surface area (Å²) in [6, 6.07) is 14.8. The number of rotatable bonds is 6. The molecule has 1 amide bonds. The number of benzene rings is 2. The number of carbonyl (C=O) groups is 1. The summed E-state index contributed by atoms with van der Waals surface area (Å²) in [7, 11) is 1.61. The van der Waals surface area contributed by atoms with Crippen molar-refractivity contribution in [2.75, 3.05) is 18.2 Å². The molecule has 0 atom stereocenters. The average molecular weight is 328 g/mol. The molecule has 0 aliphatic carbocycles. The quantitative estimate of drug-likeness (QED) is 0.694. The smallest absolute Gasteiger partial charge is 0.256 e. The first-order valence-electron chi connectivity index (χ1n) is 7.17. The summed E-state index contributed by atoms with van der Waals surface area (Å²) < 4.78 is 10.7. The Morgan fingerprint density at radius 3 is 2.74 bits per heavy atom. The highest BCUT2D eigenvalue weighted by Crippen LogP contribution is 2.23. The molecule has 6 heteroatoms. The molecule has 0 saturated carbocycles. The molecule has 1 heterocycles. The summed E-state index contributed by atoms with van der Waals surface area (Å²) in [6.07, 6.45) is 0.384. The fourth-order valence-corrected chi connectivity index (χ4v) is 2.82. The van der Waals surface area contributed by atoms with Crippen molar-refractivity contribution in [1.82, 2.24) is 4.98 Å². The molecule has 0 unspecified atom stereocenters. The first kappa shape index (κ1) is 15.4. The Bertz CT molecular complexity index is 766. The Morgan fingerprint density at radius 2 is 2.00 bits per heavy atom. The summed E-state index contributed by atoms with van der Waals surface area (Å²) in [5.74, 6) is 1.32. The number of thioether (sulfide) groups is 1. The summed E-state index contributed by atoms with van der Waals surface area (Å²) in [5.41, 5.74) is 2.35. The molecule has 0 aliphatic heterocycles. The molecule has 0 radical (unpaired) electrons. The minimum Gasteiger partial charge on any atom is -0.497 e. The van der Waals surface area contributed by atoms with E-state index in [0.717, 1.165) is 22.5 Å². The Kier molecular flexibility index (Phi) is 4.83. The van der Waals surface area contributed by atoms with Gasteiger partial charge in [0, 0.05) is 17.9 Å². The van der Waals surface area contributed by atoms with Crippen LogP contribution in [0.15, 0.2) is 58.2 Å². The van der Waals surface area contributed by atoms with E-state index in [1.807, 2.05) is 48.5 Å². The number of methoxy groups -OCH3 is 1. The van der Waals surface area contributed by atoms with Crippen LogP contribution in [0.3, 0.4) is 0 Å². The second-order valence-corrected chi connectivity index (χ2v) is 5.87. The molecule has 0 saturated heterocycles. The van der Waals surface area contributed by atoms with Gasteiger partial charge < -0.3 is 14.5 Å². The van der Waals surface area contributed by atoms with E-state index < -0.39 is 0 Å². The lowest BCUT2D eigenvalue weighted by Crippen LogP contribution is -2.12. The number of hydrogen-bond acceptors (Lipinski definition) is 5. The normalized spacial score (nSPS) is 10.7. The number of anilines is 1. The van der Waals surface area contributed by atoms with Crippen LogP contribution in [0.4, 0.5) is 5.69 Å². The van der Waals surface area contributed by atoms with E-state index in [9.17, 15) is 4.79 Å². The van der Waals surface area contributed by atoms with E-state index in [1.165, 1.54) is 11.8 Å². The number of oxazole rings is 1. The Balaban J connectivity index is 1.48. The predicted molar refractivity (Wildman–Crippen MR) is 91.0 cm³/mol. The lowest BCUT2D eigenvalue weighted by molar-refractivity contribution is -0.115. The van der Waals surface area contributed by atoms with Gasteiger partial charge in [-0.1, -0.05) is 23.9 Å². The van der Waals surface area contributed by atoms with Gasteiger partial charge in [0.1, 0.15) is 11.3 Å². The first-order valence-corrected chi connectivity index (χ1v) is 8.15. The van der Waals surface area contributed by atoms with Crippen LogP contribution in [0.25, 0.3) is 11.1 Å². The highest BCUT2D eigenvalue weighted by atomic mass is 32.2. The second-order valence-electron chi connectivity index (χ2n) is 4.82. The topological polar surface area (TPSA) is 64.4 Å². The van der Waals surface area contributed by atoms with Gasteiger partial charge in [0.25, 0.3) is 5.22 Å². The van der Waals surface area contributed by atoms with Crippen molar-refractivity contribution in [3.8, 4) is 5.75 Å². The number of nitrogens with one attached hydrogen (secondary N) is 1. The maximum atomic E-state index is 11.9. The maximum Gasteiger partial charge on any atom is 0.256 e. The van der Waals surface area contributed by atoms with Gasteiger partial charge in [-0.25, -0.2) is 4.98 Å². The summed E-state index contributed by atoms with van der Waals surface area (Å²) >= 11 is 1.43. The molecule has 118 valence electrons. The van der Waals surface area contributed by atoms with Gasteiger partial charge in [0.15, 0.2) is 5.58 Å². The largest absolute Gasteiger partial charge is 0.497 e. The second kappa shape index (κ2) is 7.19. The van der Waals surface area contributed by atoms with Gasteiger partial charge in [-0.3, -0.25) is 4.79 Å². The third-order valence-corrected chi connectivity index (χ3v) is 4.03. The third-order valence-electron chi connectivity index (χ3n) is 3.20. The van der Waals surface area contributed by atoms with E-state index >= 15 is 0 Å². The van der Waals surface area contributed by atoms with Crippen LogP contribution in [0, 0.1) is 0 Å². The maximum absolute atomic E-state index is 11.9. The van der Waals surface area contributed by atoms with Gasteiger partial charge in [-0.15, -0.1) is 0 Å². The molecule has 0 bridgehead atoms. The molecule has 0 spiro atoms. The average Bonchev–Trinajstić information content (AvgIpc) is 2.98. The molecular formula is C17H16N2O3S. The zero-order valence-corrected chi connectivity index (χ0v) is 13.4. The number of ether oxygens (including phenoxy) is 1. The fourth-order valence-electron chi connectivity index (χ4n) is 2.04. The minimum absolute atomic E-state index is 0.0428. The lowest BCUT2D eigenvalue weighted by atomic mass is 10.3. The highest BCUT2D eigenvalue weighted by Gasteiger charge is 2.08. The number of fused-ring (bicyclic) bond motifs is 1. The molecule has 1 N–H and O–H groups in total. The van der Waals surface area contributed by atoms with Crippen LogP contribution in [0.2, 0.25) is 0 Å². The molecule has 23 heavy (non-hydrogen) atoms. The van der Waals surface area contributed by atoms with Crippen molar-refractivity contribution in [2.24, 2.45) is 0 Å². The van der Waals surface area contributed by atoms with E-state index in [0.29, 0.717) is 17.4 Å². The van der Waals surface area contributed by atoms with Crippen molar-refractivity contribution in [1.29, 1.82) is 0 Å².